The molecule has 99 heavy (non-hydrogen) atoms. The predicted molar refractivity (Wildman–Crippen MR) is 404 cm³/mol. The van der Waals surface area contributed by atoms with E-state index in [0.29, 0.717) is 49.8 Å². The zero-order valence-corrected chi connectivity index (χ0v) is 63.5. The number of hydrogen-bond donors (Lipinski definition) is 0. The van der Waals surface area contributed by atoms with Gasteiger partial charge in [0.2, 0.25) is 0 Å². The van der Waals surface area contributed by atoms with Crippen molar-refractivity contribution in [3.63, 3.8) is 0 Å². The van der Waals surface area contributed by atoms with Gasteiger partial charge >= 0.3 is 0 Å². The predicted octanol–water partition coefficient (Wildman–Crippen LogP) is 19.6. The van der Waals surface area contributed by atoms with Gasteiger partial charge in [0.15, 0.2) is 49.0 Å². The van der Waals surface area contributed by atoms with Gasteiger partial charge in [-0.15, -0.1) is 0 Å². The molecule has 532 valence electrons. The highest BCUT2D eigenvalue weighted by Crippen LogP contribution is 2.62. The van der Waals surface area contributed by atoms with Gasteiger partial charge in [-0.2, -0.15) is 18.3 Å². The lowest BCUT2D eigenvalue weighted by Crippen LogP contribution is -2.49. The van der Waals surface area contributed by atoms with E-state index in [1.165, 1.54) is 186 Å². The third kappa shape index (κ3) is 15.0. The fourth-order valence-electron chi connectivity index (χ4n) is 20.6. The molecule has 8 saturated carbocycles. The molecule has 4 aliphatic heterocycles. The Morgan fingerprint density at radius 2 is 0.838 bits per heavy atom. The van der Waals surface area contributed by atoms with Gasteiger partial charge in [-0.25, -0.2) is 0 Å². The number of hydrogen-bond acceptors (Lipinski definition) is 6. The summed E-state index contributed by atoms with van der Waals surface area (Å²) in [6.07, 6.45) is 40.7. The van der Waals surface area contributed by atoms with Crippen LogP contribution in [0.2, 0.25) is 0 Å². The van der Waals surface area contributed by atoms with Crippen molar-refractivity contribution in [2.75, 3.05) is 41.1 Å². The Hall–Kier alpha value is -6.42. The molecule has 0 radical (unpaired) electrons. The molecule has 4 heterocycles. The van der Waals surface area contributed by atoms with E-state index in [2.05, 4.69) is 199 Å². The number of aryl methyl sites for hydroxylation is 3. The van der Waals surface area contributed by atoms with Crippen LogP contribution in [0.5, 0.6) is 34.5 Å². The van der Waals surface area contributed by atoms with Crippen molar-refractivity contribution in [1.82, 2.24) is 0 Å². The minimum atomic E-state index is -0.0901. The van der Waals surface area contributed by atoms with E-state index in [9.17, 15) is 0 Å². The van der Waals surface area contributed by atoms with E-state index < -0.39 is 0 Å². The molecule has 5 aromatic carbocycles. The van der Waals surface area contributed by atoms with Crippen molar-refractivity contribution < 1.29 is 46.7 Å². The van der Waals surface area contributed by atoms with Crippen LogP contribution in [0.25, 0.3) is 0 Å². The molecule has 8 unspecified atom stereocenters. The Morgan fingerprint density at radius 1 is 0.434 bits per heavy atom. The van der Waals surface area contributed by atoms with Crippen LogP contribution in [-0.4, -0.2) is 108 Å². The molecule has 0 amide bonds. The lowest BCUT2D eigenvalue weighted by atomic mass is 9.48. The smallest absolute Gasteiger partial charge is 0.287 e. The summed E-state index contributed by atoms with van der Waals surface area (Å²) in [6, 6.07) is 31.0. The first-order valence-electron chi connectivity index (χ1n) is 39.4. The van der Waals surface area contributed by atoms with Crippen molar-refractivity contribution in [1.29, 1.82) is 0 Å². The van der Waals surface area contributed by atoms with E-state index in [0.717, 1.165) is 100 Å². The van der Waals surface area contributed by atoms with E-state index in [4.69, 9.17) is 28.4 Å². The number of rotatable bonds is 11. The van der Waals surface area contributed by atoms with Crippen molar-refractivity contribution in [3.05, 3.63) is 140 Å². The Kier molecular flexibility index (Phi) is 21.7. The van der Waals surface area contributed by atoms with Crippen LogP contribution >= 0.6 is 0 Å². The second kappa shape index (κ2) is 30.3. The maximum atomic E-state index is 6.63. The molecule has 17 rings (SSSR count). The quantitative estimate of drug-likeness (QED) is 0.123. The van der Waals surface area contributed by atoms with Crippen molar-refractivity contribution in [2.24, 2.45) is 41.4 Å². The minimum Gasteiger partial charge on any atom is -0.497 e. The summed E-state index contributed by atoms with van der Waals surface area (Å²) in [5.74, 6) is 12.1. The van der Waals surface area contributed by atoms with Crippen LogP contribution in [-0.2, 0) is 16.2 Å². The van der Waals surface area contributed by atoms with Gasteiger partial charge in [-0.05, 0) is 192 Å². The summed E-state index contributed by atoms with van der Waals surface area (Å²) in [6.45, 7) is 30.3. The van der Waals surface area contributed by atoms with Crippen molar-refractivity contribution >= 4 is 24.9 Å². The van der Waals surface area contributed by atoms with Crippen LogP contribution in [0.3, 0.4) is 0 Å². The maximum absolute atomic E-state index is 6.63. The van der Waals surface area contributed by atoms with Crippen molar-refractivity contribution in [2.45, 2.75) is 271 Å². The van der Waals surface area contributed by atoms with E-state index in [1.807, 2.05) is 6.07 Å². The molecule has 4 bridgehead atoms. The Balaban J connectivity index is 0.000000119. The van der Waals surface area contributed by atoms with Gasteiger partial charge < -0.3 is 28.4 Å². The summed E-state index contributed by atoms with van der Waals surface area (Å²) in [5.41, 5.74) is 14.6. The second-order valence-corrected chi connectivity index (χ2v) is 34.2. The van der Waals surface area contributed by atoms with Crippen LogP contribution in [0.1, 0.15) is 271 Å². The second-order valence-electron chi connectivity index (χ2n) is 34.2. The standard InChI is InChI=1S/C26H36NO.C25H32NO.C21H32NO2.C17H24NO2/c1-17-7-8-23(26-12-19-9-20(13-26)11-21(10-19)14-26)25-22(17)15-27(16-28-25)24-6-4-3-5-18(24)2;1-18-14-15-22(25(3,4)20-11-6-5-7-12-20)24-21(18)16-26(17-27-24)23-13-9-8-10-19(23)2;1-6-21(3,4)18-12-17(23-5)11-16-13-22(14-24-20(16)18)19-10-8-7-9-15(19)2;1-12-6-4-5-7-16(12)18-10-14-9-15(19-3)8-13(2)17(14)20-11-18/h7-8,15,18-21,24H,3-6,9-14,16H2,1-2H3;5-7,11-12,14-16,19,23H,8-10,13,17H2,1-4H3;11-13,15,19H,6-10,14H2,1-5H3;8-10,12,16H,4-7,11H2,1-3H3/q4*+1. The molecule has 8 atom stereocenters. The van der Waals surface area contributed by atoms with Gasteiger partial charge in [-0.3, -0.25) is 0 Å². The summed E-state index contributed by atoms with van der Waals surface area (Å²) in [4.78, 5) is 0. The molecule has 5 aromatic rings. The van der Waals surface area contributed by atoms with Crippen LogP contribution < -0.4 is 28.4 Å². The highest BCUT2D eigenvalue weighted by Gasteiger charge is 2.53. The molecule has 0 spiro atoms. The number of benzene rings is 5. The molecule has 0 aromatic heterocycles. The zero-order chi connectivity index (χ0) is 69.3. The van der Waals surface area contributed by atoms with Gasteiger partial charge in [0.25, 0.3) is 26.9 Å². The number of ether oxygens (including phenoxy) is 6. The van der Waals surface area contributed by atoms with E-state index in [1.54, 1.807) is 19.8 Å². The average molecular weight is 1350 g/mol. The van der Waals surface area contributed by atoms with Gasteiger partial charge in [-0.1, -0.05) is 143 Å². The third-order valence-electron chi connectivity index (χ3n) is 26.7. The third-order valence-corrected chi connectivity index (χ3v) is 26.7. The SMILES string of the molecule is CCC(C)(C)c1cc(OC)cc2c1OC[N+](C1CCCCC1C)=C2.COc1cc(C)c2c(c1)C=[N+](C1CCCCC1C)CO2.Cc1ccc(C(C)(C)c2ccccc2)c2c1C=[N+](C1CCCCC1C)CO2.Cc1ccc(C23CC4CC(CC(C4)C2)C3)c2c1C=[N+](C1CCCCC1C)CO2. The first kappa shape index (κ1) is 71.0. The van der Waals surface area contributed by atoms with E-state index in [-0.39, 0.29) is 10.8 Å². The summed E-state index contributed by atoms with van der Waals surface area (Å²) >= 11 is 0. The van der Waals surface area contributed by atoms with Crippen LogP contribution in [0, 0.1) is 62.2 Å². The van der Waals surface area contributed by atoms with Crippen LogP contribution in [0.15, 0.2) is 78.9 Å². The molecule has 8 aliphatic carbocycles. The monoisotopic (exact) mass is 1340 g/mol. The topological polar surface area (TPSA) is 67.4 Å². The van der Waals surface area contributed by atoms with Gasteiger partial charge in [0.05, 0.1) is 36.5 Å². The van der Waals surface area contributed by atoms with Crippen molar-refractivity contribution in [3.8, 4) is 34.5 Å². The Bertz CT molecular complexity index is 3780. The normalized spacial score (nSPS) is 28.8. The zero-order valence-electron chi connectivity index (χ0n) is 63.5. The Morgan fingerprint density at radius 3 is 1.30 bits per heavy atom. The fraction of sp³-hybridized carbons (Fsp3) is 0.618. The molecule has 8 fully saturated rings. The fourth-order valence-corrected chi connectivity index (χ4v) is 20.6. The molecular formula is C89H124N4O6+4. The highest BCUT2D eigenvalue weighted by atomic mass is 16.5. The Labute approximate surface area is 596 Å². The number of methoxy groups -OCH3 is 2. The molecular weight excluding hydrogens is 1220 g/mol. The lowest BCUT2D eigenvalue weighted by Gasteiger charge is -2.57. The first-order valence-corrected chi connectivity index (χ1v) is 39.4. The summed E-state index contributed by atoms with van der Waals surface area (Å²) in [5, 5.41) is 0. The van der Waals surface area contributed by atoms with Crippen LogP contribution in [0.4, 0.5) is 0 Å². The van der Waals surface area contributed by atoms with E-state index >= 15 is 0 Å². The lowest BCUT2D eigenvalue weighted by molar-refractivity contribution is -0.601. The molecule has 12 aliphatic rings. The molecule has 0 N–H and O–H groups in total. The molecule has 10 heteroatoms. The van der Waals surface area contributed by atoms with Gasteiger partial charge in [0, 0.05) is 71.5 Å². The summed E-state index contributed by atoms with van der Waals surface area (Å²) in [7, 11) is 3.46. The van der Waals surface area contributed by atoms with Gasteiger partial charge in [0.1, 0.15) is 34.5 Å². The minimum absolute atomic E-state index is 0.0762. The largest absolute Gasteiger partial charge is 0.497 e. The first-order chi connectivity index (χ1) is 47.7. The number of fused-ring (bicyclic) bond motifs is 4. The molecule has 10 nitrogen and oxygen atoms in total. The maximum Gasteiger partial charge on any atom is 0.287 e. The summed E-state index contributed by atoms with van der Waals surface area (Å²) < 4.78 is 46.1. The average Bonchev–Trinajstić information content (AvgIpc) is 0.725. The number of nitrogens with zero attached hydrogens (tertiary/aromatic N) is 4. The highest BCUT2D eigenvalue weighted by molar-refractivity contribution is 5.86. The molecule has 0 saturated heterocycles.